The molecule has 0 N–H and O–H groups in total. The highest BCUT2D eigenvalue weighted by Gasteiger charge is 2.47. The fourth-order valence-electron chi connectivity index (χ4n) is 8.14. The number of rotatable bonds is 8. The Morgan fingerprint density at radius 1 is 0.351 bits per heavy atom. The number of pyridine rings is 1. The Morgan fingerprint density at radius 3 is 0.824 bits per heavy atom. The molecule has 0 saturated heterocycles. The highest BCUT2D eigenvalue weighted by atomic mass is 19.4. The van der Waals surface area contributed by atoms with E-state index in [0.717, 1.165) is 6.54 Å². The fraction of sp³-hybridized carbons (Fsp3) is 0.271. The Balaban J connectivity index is 0.000000500. The average Bonchev–Trinajstić information content (AvgIpc) is 3.27. The molecule has 0 spiro atoms. The van der Waals surface area contributed by atoms with Crippen LogP contribution in [0.4, 0.5) is 105 Å². The van der Waals surface area contributed by atoms with Crippen molar-refractivity contribution in [2.45, 2.75) is 82.1 Å². The van der Waals surface area contributed by atoms with Gasteiger partial charge in [0.15, 0.2) is 18.4 Å². The van der Waals surface area contributed by atoms with Gasteiger partial charge in [-0.2, -0.15) is 132 Å². The molecule has 1 unspecified atom stereocenters. The number of benzene rings is 5. The van der Waals surface area contributed by atoms with Gasteiger partial charge in [0.2, 0.25) is 0 Å². The summed E-state index contributed by atoms with van der Waals surface area (Å²) in [6.45, 7) is 5.49. The molecular formula is C48H32BF24N. The number of halogens is 24. The van der Waals surface area contributed by atoms with Crippen LogP contribution in [0.1, 0.15) is 82.0 Å². The predicted octanol–water partition coefficient (Wildman–Crippen LogP) is 14.8. The molecule has 0 fully saturated rings. The van der Waals surface area contributed by atoms with Crippen molar-refractivity contribution in [2.75, 3.05) is 0 Å². The van der Waals surface area contributed by atoms with Crippen LogP contribution < -0.4 is 26.4 Å². The van der Waals surface area contributed by atoms with Crippen molar-refractivity contribution in [3.8, 4) is 0 Å². The number of hydrogen-bond acceptors (Lipinski definition) is 0. The topological polar surface area (TPSA) is 3.88 Å². The first-order valence-corrected chi connectivity index (χ1v) is 21.0. The molecule has 0 aliphatic rings. The van der Waals surface area contributed by atoms with Gasteiger partial charge >= 0.3 is 49.4 Å². The molecule has 1 atom stereocenters. The van der Waals surface area contributed by atoms with E-state index >= 15 is 0 Å². The number of nitrogens with zero attached hydrogens (tertiary/aromatic N) is 1. The summed E-state index contributed by atoms with van der Waals surface area (Å²) in [6.07, 6.45) is -51.5. The summed E-state index contributed by atoms with van der Waals surface area (Å²) in [5.74, 6) is 0.611. The number of hydrogen-bond donors (Lipinski definition) is 0. The summed E-state index contributed by atoms with van der Waals surface area (Å²) in [4.78, 5) is 0. The molecule has 0 radical (unpaired) electrons. The van der Waals surface area contributed by atoms with Crippen molar-refractivity contribution in [1.29, 1.82) is 0 Å². The molecule has 400 valence electrons. The van der Waals surface area contributed by atoms with E-state index in [1.807, 2.05) is 0 Å². The summed E-state index contributed by atoms with van der Waals surface area (Å²) >= 11 is 0. The first kappa shape index (κ1) is 58.5. The van der Waals surface area contributed by atoms with Crippen molar-refractivity contribution < 1.29 is 110 Å². The number of alkyl halides is 24. The molecule has 0 aliphatic heterocycles. The second-order valence-electron chi connectivity index (χ2n) is 16.8. The summed E-state index contributed by atoms with van der Waals surface area (Å²) in [5.41, 5.74) is -27.4. The molecule has 26 heteroatoms. The van der Waals surface area contributed by atoms with Gasteiger partial charge in [0.1, 0.15) is 6.15 Å². The maximum absolute atomic E-state index is 14.2. The van der Waals surface area contributed by atoms with Gasteiger partial charge < -0.3 is 0 Å². The zero-order chi connectivity index (χ0) is 56.0. The minimum absolute atomic E-state index is 0.611. The summed E-state index contributed by atoms with van der Waals surface area (Å²) < 4.78 is 343. The highest BCUT2D eigenvalue weighted by molar-refractivity contribution is 7.20. The minimum atomic E-state index is -6.13. The molecule has 0 aliphatic carbocycles. The van der Waals surface area contributed by atoms with Gasteiger partial charge in [-0.05, 0) is 30.7 Å². The van der Waals surface area contributed by atoms with Crippen LogP contribution in [0.2, 0.25) is 0 Å². The molecule has 1 aromatic heterocycles. The van der Waals surface area contributed by atoms with Crippen LogP contribution in [-0.4, -0.2) is 6.15 Å². The third-order valence-corrected chi connectivity index (χ3v) is 11.7. The summed E-state index contributed by atoms with van der Waals surface area (Å²) in [6, 6.07) is 8.28. The number of aromatic nitrogens is 1. The molecule has 0 amide bonds. The molecule has 74 heavy (non-hydrogen) atoms. The van der Waals surface area contributed by atoms with Crippen LogP contribution in [0.5, 0.6) is 0 Å². The van der Waals surface area contributed by atoms with E-state index in [2.05, 4.69) is 73.1 Å². The Bertz CT molecular complexity index is 2480. The summed E-state index contributed by atoms with van der Waals surface area (Å²) in [7, 11) is 0. The Hall–Kier alpha value is -6.37. The van der Waals surface area contributed by atoms with E-state index in [4.69, 9.17) is 0 Å². The molecule has 0 saturated carbocycles. The van der Waals surface area contributed by atoms with E-state index in [1.165, 1.54) is 17.7 Å². The average molecular weight is 1090 g/mol. The third-order valence-electron chi connectivity index (χ3n) is 11.7. The monoisotopic (exact) mass is 1090 g/mol. The van der Waals surface area contributed by atoms with Gasteiger partial charge in [0.05, 0.1) is 44.5 Å². The maximum Gasteiger partial charge on any atom is 0.416 e. The third kappa shape index (κ3) is 13.5. The molecule has 5 aromatic carbocycles. The largest absolute Gasteiger partial charge is 0.416 e. The van der Waals surface area contributed by atoms with E-state index in [-0.39, 0.29) is 0 Å². The lowest BCUT2D eigenvalue weighted by atomic mass is 9.12. The predicted molar refractivity (Wildman–Crippen MR) is 221 cm³/mol. The summed E-state index contributed by atoms with van der Waals surface area (Å²) in [5, 5.41) is 0. The van der Waals surface area contributed by atoms with Gasteiger partial charge in [0.25, 0.3) is 0 Å². The van der Waals surface area contributed by atoms with Crippen LogP contribution in [-0.2, 0) is 56.0 Å². The zero-order valence-corrected chi connectivity index (χ0v) is 37.2. The lowest BCUT2D eigenvalue weighted by Gasteiger charge is -2.46. The van der Waals surface area contributed by atoms with Crippen molar-refractivity contribution in [1.82, 2.24) is 0 Å². The van der Waals surface area contributed by atoms with E-state index in [9.17, 15) is 105 Å². The molecule has 1 nitrogen and oxygen atoms in total. The van der Waals surface area contributed by atoms with Crippen LogP contribution >= 0.6 is 0 Å². The lowest BCUT2D eigenvalue weighted by molar-refractivity contribution is -0.697. The second kappa shape index (κ2) is 20.4. The van der Waals surface area contributed by atoms with Crippen molar-refractivity contribution >= 4 is 28.0 Å². The van der Waals surface area contributed by atoms with Crippen LogP contribution in [0.25, 0.3) is 0 Å². The van der Waals surface area contributed by atoms with Gasteiger partial charge in [-0.1, -0.05) is 98.8 Å². The van der Waals surface area contributed by atoms with Crippen LogP contribution in [0, 0.1) is 0 Å². The Labute approximate surface area is 403 Å². The van der Waals surface area contributed by atoms with E-state index in [1.54, 1.807) is 0 Å². The Morgan fingerprint density at radius 2 is 0.595 bits per heavy atom. The van der Waals surface area contributed by atoms with Crippen molar-refractivity contribution in [3.05, 3.63) is 183 Å². The van der Waals surface area contributed by atoms with Crippen LogP contribution in [0.3, 0.4) is 0 Å². The molecular weight excluding hydrogens is 1060 g/mol. The van der Waals surface area contributed by atoms with E-state index < -0.39 is 195 Å². The van der Waals surface area contributed by atoms with E-state index in [0.29, 0.717) is 5.92 Å². The van der Waals surface area contributed by atoms with Crippen molar-refractivity contribution in [2.24, 2.45) is 0 Å². The highest BCUT2D eigenvalue weighted by Crippen LogP contribution is 2.41. The van der Waals surface area contributed by atoms with Gasteiger partial charge in [-0.3, -0.25) is 0 Å². The quantitative estimate of drug-likeness (QED) is 0.0812. The first-order chi connectivity index (χ1) is 33.6. The second-order valence-corrected chi connectivity index (χ2v) is 16.8. The molecule has 6 aromatic rings. The molecule has 6 rings (SSSR count). The first-order valence-electron chi connectivity index (χ1n) is 21.0. The van der Waals surface area contributed by atoms with Gasteiger partial charge in [-0.15, -0.1) is 0 Å². The standard InChI is InChI=1S/C32H12BF24.C16H20N/c34-25(35,36)13-1-14(26(37,38)39)6-21(5-13)33(22-7-15(27(40,41)42)2-16(8-22)28(43,44)45,23-9-17(29(46,47)48)3-18(10-23)30(49,50)51)24-11-19(31(52,53)54)4-20(12-24)32(55,56)57;1-3-14(2)16-11-7-8-12-17(16)13-15-9-5-4-6-10-15/h1-12H;4-12,14H,3,13H2,1-2H3/q-1;+1. The molecule has 0 bridgehead atoms. The smallest absolute Gasteiger partial charge is 0.198 e. The normalized spacial score (nSPS) is 13.9. The lowest BCUT2D eigenvalue weighted by Crippen LogP contribution is -2.75. The minimum Gasteiger partial charge on any atom is -0.198 e. The maximum atomic E-state index is 14.2. The SMILES string of the molecule is CCC(C)c1cccc[n+]1Cc1ccccc1.FC(F)(F)c1cc([B-](c2cc(C(F)(F)F)cc(C(F)(F)F)c2)(c2cc(C(F)(F)F)cc(C(F)(F)F)c2)c2cc(C(F)(F)F)cc(C(F)(F)F)c2)cc(C(F)(F)F)c1. The Kier molecular flexibility index (Phi) is 16.1. The van der Waals surface area contributed by atoms with Gasteiger partial charge in [0, 0.05) is 23.6 Å². The van der Waals surface area contributed by atoms with Crippen molar-refractivity contribution in [3.63, 3.8) is 0 Å². The zero-order valence-electron chi connectivity index (χ0n) is 37.2. The van der Waals surface area contributed by atoms with Crippen LogP contribution in [0.15, 0.2) is 128 Å². The molecule has 1 heterocycles. The van der Waals surface area contributed by atoms with Gasteiger partial charge in [-0.25, -0.2) is 0 Å². The fourth-order valence-corrected chi connectivity index (χ4v) is 8.14.